The van der Waals surface area contributed by atoms with Crippen molar-refractivity contribution in [2.24, 2.45) is 11.5 Å². The summed E-state index contributed by atoms with van der Waals surface area (Å²) in [6.07, 6.45) is 0.638. The Morgan fingerprint density at radius 3 is 2.52 bits per heavy atom. The number of aliphatic carboxylic acids is 1. The van der Waals surface area contributed by atoms with Gasteiger partial charge in [0.05, 0.1) is 18.2 Å². The second-order valence-corrected chi connectivity index (χ2v) is 6.70. The van der Waals surface area contributed by atoms with Gasteiger partial charge in [-0.3, -0.25) is 9.59 Å². The summed E-state index contributed by atoms with van der Waals surface area (Å²) < 4.78 is 1.74. The molecule has 1 heterocycles. The molecular weight excluding hydrogens is 350 g/mol. The van der Waals surface area contributed by atoms with E-state index in [1.165, 1.54) is 0 Å². The lowest BCUT2D eigenvalue weighted by Gasteiger charge is -2.11. The standard InChI is InChI=1S/C16H21N5O2.C2H4O2/c1-9-3-2-4-11(5-9)21-16(10-6-12(17)13(22)7-10)19-15(20-21)8-14(18)23;1-2(3)4/h2-5,10,12-13,22H,6-8,17H2,1H3,(H2,18,23);1H3,(H,3,4)/t10-,12-,13-;/m0./s1. The largest absolute Gasteiger partial charge is 0.481 e. The van der Waals surface area contributed by atoms with Gasteiger partial charge in [-0.2, -0.15) is 5.10 Å². The van der Waals surface area contributed by atoms with Crippen LogP contribution in [-0.2, 0) is 16.0 Å². The smallest absolute Gasteiger partial charge is 0.300 e. The average Bonchev–Trinajstić information content (AvgIpc) is 3.10. The van der Waals surface area contributed by atoms with E-state index in [1.807, 2.05) is 31.2 Å². The molecule has 0 unspecified atom stereocenters. The number of hydrogen-bond acceptors (Lipinski definition) is 6. The second-order valence-electron chi connectivity index (χ2n) is 6.70. The number of hydrogen-bond donors (Lipinski definition) is 4. The Morgan fingerprint density at radius 1 is 1.33 bits per heavy atom. The normalized spacial score (nSPS) is 21.4. The Labute approximate surface area is 157 Å². The molecule has 6 N–H and O–H groups in total. The predicted molar refractivity (Wildman–Crippen MR) is 98.3 cm³/mol. The lowest BCUT2D eigenvalue weighted by atomic mass is 10.1. The van der Waals surface area contributed by atoms with Gasteiger partial charge < -0.3 is 21.7 Å². The Bertz CT molecular complexity index is 806. The first kappa shape index (κ1) is 20.5. The van der Waals surface area contributed by atoms with Crippen LogP contribution in [0.2, 0.25) is 0 Å². The first-order valence-corrected chi connectivity index (χ1v) is 8.61. The first-order chi connectivity index (χ1) is 12.7. The summed E-state index contributed by atoms with van der Waals surface area (Å²) in [5, 5.41) is 21.8. The lowest BCUT2D eigenvalue weighted by molar-refractivity contribution is -0.134. The topological polar surface area (TPSA) is 157 Å². The van der Waals surface area contributed by atoms with Gasteiger partial charge >= 0.3 is 0 Å². The van der Waals surface area contributed by atoms with Gasteiger partial charge in [-0.05, 0) is 37.5 Å². The van der Waals surface area contributed by atoms with E-state index in [0.717, 1.165) is 24.0 Å². The van der Waals surface area contributed by atoms with Gasteiger partial charge in [0.2, 0.25) is 5.91 Å². The zero-order chi connectivity index (χ0) is 20.1. The third-order valence-electron chi connectivity index (χ3n) is 4.20. The van der Waals surface area contributed by atoms with Crippen molar-refractivity contribution in [1.29, 1.82) is 0 Å². The summed E-state index contributed by atoms with van der Waals surface area (Å²) in [7, 11) is 0. The van der Waals surface area contributed by atoms with Crippen molar-refractivity contribution in [3.05, 3.63) is 41.5 Å². The van der Waals surface area contributed by atoms with Crippen LogP contribution in [0, 0.1) is 6.92 Å². The third kappa shape index (κ3) is 5.60. The van der Waals surface area contributed by atoms with Crippen LogP contribution in [0.4, 0.5) is 0 Å². The molecule has 1 saturated carbocycles. The van der Waals surface area contributed by atoms with Crippen LogP contribution in [0.5, 0.6) is 0 Å². The number of nitrogens with two attached hydrogens (primary N) is 2. The van der Waals surface area contributed by atoms with Gasteiger partial charge in [0.1, 0.15) is 5.82 Å². The summed E-state index contributed by atoms with van der Waals surface area (Å²) >= 11 is 0. The third-order valence-corrected chi connectivity index (χ3v) is 4.20. The maximum atomic E-state index is 11.2. The summed E-state index contributed by atoms with van der Waals surface area (Å²) in [5.74, 6) is -0.182. The highest BCUT2D eigenvalue weighted by molar-refractivity contribution is 5.75. The zero-order valence-corrected chi connectivity index (χ0v) is 15.4. The van der Waals surface area contributed by atoms with Crippen LogP contribution in [0.15, 0.2) is 24.3 Å². The maximum absolute atomic E-state index is 11.2. The van der Waals surface area contributed by atoms with Crippen molar-refractivity contribution in [3.8, 4) is 5.69 Å². The molecule has 27 heavy (non-hydrogen) atoms. The van der Waals surface area contributed by atoms with Crippen molar-refractivity contribution in [2.45, 2.75) is 51.2 Å². The highest BCUT2D eigenvalue weighted by atomic mass is 16.4. The van der Waals surface area contributed by atoms with Gasteiger partial charge in [-0.1, -0.05) is 12.1 Å². The van der Waals surface area contributed by atoms with Crippen LogP contribution < -0.4 is 11.5 Å². The number of carboxylic acid groups (broad SMARTS) is 1. The monoisotopic (exact) mass is 375 g/mol. The van der Waals surface area contributed by atoms with Crippen LogP contribution in [0.3, 0.4) is 0 Å². The molecule has 0 radical (unpaired) electrons. The lowest BCUT2D eigenvalue weighted by Crippen LogP contribution is -2.28. The second kappa shape index (κ2) is 8.74. The molecule has 1 aliphatic rings. The zero-order valence-electron chi connectivity index (χ0n) is 15.4. The molecule has 0 spiro atoms. The van der Waals surface area contributed by atoms with E-state index in [0.29, 0.717) is 18.7 Å². The van der Waals surface area contributed by atoms with Crippen LogP contribution >= 0.6 is 0 Å². The first-order valence-electron chi connectivity index (χ1n) is 8.61. The molecule has 0 aliphatic heterocycles. The van der Waals surface area contributed by atoms with Crippen molar-refractivity contribution in [2.75, 3.05) is 0 Å². The van der Waals surface area contributed by atoms with Crippen LogP contribution in [0.1, 0.15) is 42.9 Å². The fourth-order valence-corrected chi connectivity index (χ4v) is 3.07. The molecule has 9 heteroatoms. The summed E-state index contributed by atoms with van der Waals surface area (Å²) in [5.41, 5.74) is 13.2. The number of aliphatic hydroxyl groups excluding tert-OH is 1. The van der Waals surface area contributed by atoms with E-state index in [4.69, 9.17) is 21.4 Å². The van der Waals surface area contributed by atoms with E-state index < -0.39 is 18.0 Å². The maximum Gasteiger partial charge on any atom is 0.300 e. The number of carbonyl (C=O) groups excluding carboxylic acids is 1. The SMILES string of the molecule is CC(=O)O.Cc1cccc(-n2nc(CC(N)=O)nc2[C@H]2C[C@H](N)[C@@H](O)C2)c1. The van der Waals surface area contributed by atoms with E-state index in [-0.39, 0.29) is 18.4 Å². The van der Waals surface area contributed by atoms with Gasteiger partial charge in [-0.25, -0.2) is 9.67 Å². The molecular formula is C18H25N5O4. The molecule has 2 aromatic rings. The number of aryl methyl sites for hydroxylation is 1. The molecule has 9 nitrogen and oxygen atoms in total. The van der Waals surface area contributed by atoms with E-state index in [2.05, 4.69) is 10.1 Å². The number of carbonyl (C=O) groups is 2. The number of nitrogens with zero attached hydrogens (tertiary/aromatic N) is 3. The number of carboxylic acids is 1. The highest BCUT2D eigenvalue weighted by Crippen LogP contribution is 2.34. The van der Waals surface area contributed by atoms with Gasteiger partial charge in [0.25, 0.3) is 5.97 Å². The Balaban J connectivity index is 0.000000596. The molecule has 1 fully saturated rings. The number of primary amides is 1. The molecule has 146 valence electrons. The molecule has 1 amide bonds. The molecule has 3 atom stereocenters. The molecule has 0 bridgehead atoms. The predicted octanol–water partition coefficient (Wildman–Crippen LogP) is 0.260. The fourth-order valence-electron chi connectivity index (χ4n) is 3.07. The van der Waals surface area contributed by atoms with E-state index in [9.17, 15) is 9.90 Å². The number of aromatic nitrogens is 3. The quantitative estimate of drug-likeness (QED) is 0.597. The van der Waals surface area contributed by atoms with Crippen molar-refractivity contribution in [1.82, 2.24) is 14.8 Å². The summed E-state index contributed by atoms with van der Waals surface area (Å²) in [6, 6.07) is 7.61. The minimum absolute atomic E-state index is 0.00680. The van der Waals surface area contributed by atoms with Crippen molar-refractivity contribution >= 4 is 11.9 Å². The summed E-state index contributed by atoms with van der Waals surface area (Å²) in [6.45, 7) is 3.08. The number of aliphatic hydroxyl groups is 1. The Morgan fingerprint density at radius 2 is 2.00 bits per heavy atom. The Hall–Kier alpha value is -2.78. The Kier molecular flexibility index (Phi) is 6.65. The molecule has 1 aromatic carbocycles. The van der Waals surface area contributed by atoms with Crippen molar-refractivity contribution in [3.63, 3.8) is 0 Å². The molecule has 1 aliphatic carbocycles. The van der Waals surface area contributed by atoms with E-state index in [1.54, 1.807) is 4.68 Å². The average molecular weight is 375 g/mol. The minimum atomic E-state index is -0.833. The van der Waals surface area contributed by atoms with Gasteiger partial charge in [0.15, 0.2) is 5.82 Å². The van der Waals surface area contributed by atoms with Gasteiger partial charge in [0, 0.05) is 18.9 Å². The number of amides is 1. The van der Waals surface area contributed by atoms with Crippen LogP contribution in [-0.4, -0.2) is 49.0 Å². The number of rotatable bonds is 4. The number of benzene rings is 1. The highest BCUT2D eigenvalue weighted by Gasteiger charge is 2.34. The van der Waals surface area contributed by atoms with Gasteiger partial charge in [-0.15, -0.1) is 0 Å². The molecule has 0 saturated heterocycles. The van der Waals surface area contributed by atoms with Crippen molar-refractivity contribution < 1.29 is 19.8 Å². The molecule has 1 aromatic heterocycles. The fraction of sp³-hybridized carbons (Fsp3) is 0.444. The van der Waals surface area contributed by atoms with E-state index >= 15 is 0 Å². The molecule has 3 rings (SSSR count). The minimum Gasteiger partial charge on any atom is -0.481 e. The van der Waals surface area contributed by atoms with Crippen LogP contribution in [0.25, 0.3) is 5.69 Å². The summed E-state index contributed by atoms with van der Waals surface area (Å²) in [4.78, 5) is 24.7.